The molecule has 0 bridgehead atoms. The largest absolute Gasteiger partial charge is 0.416 e. The molecule has 27 heavy (non-hydrogen) atoms. The van der Waals surface area contributed by atoms with Crippen LogP contribution < -0.4 is 4.90 Å². The zero-order valence-electron chi connectivity index (χ0n) is 15.0. The van der Waals surface area contributed by atoms with Gasteiger partial charge in [-0.3, -0.25) is 9.78 Å². The monoisotopic (exact) mass is 378 g/mol. The van der Waals surface area contributed by atoms with E-state index in [2.05, 4.69) is 14.9 Å². The number of alkyl halides is 3. The summed E-state index contributed by atoms with van der Waals surface area (Å²) in [6.45, 7) is 1.28. The first-order valence-electron chi connectivity index (χ1n) is 8.77. The van der Waals surface area contributed by atoms with Gasteiger partial charge in [0.1, 0.15) is 5.82 Å². The van der Waals surface area contributed by atoms with E-state index in [1.165, 1.54) is 17.0 Å². The summed E-state index contributed by atoms with van der Waals surface area (Å²) in [6.07, 6.45) is 1.76. The van der Waals surface area contributed by atoms with Gasteiger partial charge >= 0.3 is 6.18 Å². The number of benzene rings is 1. The van der Waals surface area contributed by atoms with Crippen LogP contribution in [0, 0.1) is 5.92 Å². The van der Waals surface area contributed by atoms with Crippen LogP contribution in [0.25, 0.3) is 0 Å². The van der Waals surface area contributed by atoms with E-state index < -0.39 is 11.7 Å². The van der Waals surface area contributed by atoms with Crippen molar-refractivity contribution in [3.05, 3.63) is 54.0 Å². The van der Waals surface area contributed by atoms with Gasteiger partial charge in [-0.2, -0.15) is 13.2 Å². The van der Waals surface area contributed by atoms with E-state index in [-0.39, 0.29) is 23.9 Å². The summed E-state index contributed by atoms with van der Waals surface area (Å²) in [7, 11) is 1.56. The molecule has 2 heterocycles. The summed E-state index contributed by atoms with van der Waals surface area (Å²) in [4.78, 5) is 24.5. The van der Waals surface area contributed by atoms with Gasteiger partial charge < -0.3 is 9.80 Å². The molecule has 1 aliphatic heterocycles. The predicted octanol–water partition coefficient (Wildman–Crippen LogP) is 3.37. The quantitative estimate of drug-likeness (QED) is 0.819. The number of hydrogen-bond donors (Lipinski definition) is 0. The first-order chi connectivity index (χ1) is 12.9. The molecule has 3 rings (SSSR count). The number of aromatic nitrogens is 2. The van der Waals surface area contributed by atoms with Crippen molar-refractivity contribution in [1.29, 1.82) is 0 Å². The first-order valence-corrected chi connectivity index (χ1v) is 8.77. The molecule has 0 radical (unpaired) electrons. The van der Waals surface area contributed by atoms with Crippen molar-refractivity contribution in [1.82, 2.24) is 14.9 Å². The van der Waals surface area contributed by atoms with Gasteiger partial charge in [0, 0.05) is 45.0 Å². The Hall–Kier alpha value is -2.64. The van der Waals surface area contributed by atoms with E-state index in [4.69, 9.17) is 0 Å². The number of anilines is 1. The lowest BCUT2D eigenvalue weighted by Crippen LogP contribution is -2.41. The van der Waals surface area contributed by atoms with Crippen LogP contribution >= 0.6 is 0 Å². The standard InChI is InChI=1S/C19H21F3N4O/c1-25(13-15-4-2-3-5-16(15)19(20,21)22)18(27)14-6-10-26(11-7-14)17-12-23-8-9-24-17/h2-5,8-9,12,14H,6-7,10-11,13H2,1H3. The van der Waals surface area contributed by atoms with Crippen LogP contribution in [0.15, 0.2) is 42.9 Å². The Bertz CT molecular complexity index is 774. The summed E-state index contributed by atoms with van der Waals surface area (Å²) in [5.74, 6) is 0.461. The van der Waals surface area contributed by atoms with Crippen LogP contribution in [0.5, 0.6) is 0 Å². The molecular formula is C19H21F3N4O. The van der Waals surface area contributed by atoms with E-state index in [9.17, 15) is 18.0 Å². The Morgan fingerprint density at radius 1 is 1.22 bits per heavy atom. The van der Waals surface area contributed by atoms with Crippen LogP contribution in [-0.2, 0) is 17.5 Å². The van der Waals surface area contributed by atoms with Crippen LogP contribution in [0.1, 0.15) is 24.0 Å². The van der Waals surface area contributed by atoms with Crippen molar-refractivity contribution in [2.75, 3.05) is 25.0 Å². The molecule has 0 saturated carbocycles. The number of hydrogen-bond acceptors (Lipinski definition) is 4. The number of halogens is 3. The highest BCUT2D eigenvalue weighted by molar-refractivity contribution is 5.79. The molecule has 0 N–H and O–H groups in total. The number of carbonyl (C=O) groups excluding carboxylic acids is 1. The van der Waals surface area contributed by atoms with Gasteiger partial charge in [-0.1, -0.05) is 18.2 Å². The van der Waals surface area contributed by atoms with Gasteiger partial charge in [0.25, 0.3) is 0 Å². The van der Waals surface area contributed by atoms with E-state index in [0.717, 1.165) is 11.9 Å². The molecule has 1 saturated heterocycles. The zero-order chi connectivity index (χ0) is 19.4. The second-order valence-corrected chi connectivity index (χ2v) is 6.67. The molecule has 8 heteroatoms. The topological polar surface area (TPSA) is 49.3 Å². The minimum Gasteiger partial charge on any atom is -0.355 e. The van der Waals surface area contributed by atoms with Gasteiger partial charge in [0.05, 0.1) is 11.8 Å². The van der Waals surface area contributed by atoms with Crippen LogP contribution in [0.4, 0.5) is 19.0 Å². The van der Waals surface area contributed by atoms with Gasteiger partial charge in [0.2, 0.25) is 5.91 Å². The minimum absolute atomic E-state index is 0.0567. The Balaban J connectivity index is 1.61. The van der Waals surface area contributed by atoms with Crippen LogP contribution in [-0.4, -0.2) is 40.9 Å². The molecule has 1 aromatic heterocycles. The van der Waals surface area contributed by atoms with Crippen LogP contribution in [0.2, 0.25) is 0 Å². The summed E-state index contributed by atoms with van der Waals surface area (Å²) in [5, 5.41) is 0. The number of rotatable bonds is 4. The maximum absolute atomic E-state index is 13.1. The second kappa shape index (κ2) is 7.94. The van der Waals surface area contributed by atoms with Crippen LogP contribution in [0.3, 0.4) is 0 Å². The highest BCUT2D eigenvalue weighted by Gasteiger charge is 2.34. The van der Waals surface area contributed by atoms with E-state index in [1.807, 2.05) is 0 Å². The average molecular weight is 378 g/mol. The Morgan fingerprint density at radius 3 is 2.56 bits per heavy atom. The van der Waals surface area contributed by atoms with Gasteiger partial charge in [-0.25, -0.2) is 4.98 Å². The lowest BCUT2D eigenvalue weighted by atomic mass is 9.95. The molecule has 1 aromatic carbocycles. The summed E-state index contributed by atoms with van der Waals surface area (Å²) >= 11 is 0. The third-order valence-corrected chi connectivity index (χ3v) is 4.82. The maximum atomic E-state index is 13.1. The van der Waals surface area contributed by atoms with Gasteiger partial charge in [-0.15, -0.1) is 0 Å². The molecule has 5 nitrogen and oxygen atoms in total. The van der Waals surface area contributed by atoms with Crippen molar-refractivity contribution >= 4 is 11.7 Å². The van der Waals surface area contributed by atoms with E-state index in [0.29, 0.717) is 25.9 Å². The number of piperidine rings is 1. The smallest absolute Gasteiger partial charge is 0.355 e. The molecule has 2 aromatic rings. The molecule has 0 aliphatic carbocycles. The summed E-state index contributed by atoms with van der Waals surface area (Å²) in [6, 6.07) is 5.38. The Kier molecular flexibility index (Phi) is 5.62. The van der Waals surface area contributed by atoms with E-state index in [1.54, 1.807) is 31.7 Å². The number of amides is 1. The van der Waals surface area contributed by atoms with E-state index >= 15 is 0 Å². The van der Waals surface area contributed by atoms with Crippen molar-refractivity contribution < 1.29 is 18.0 Å². The third-order valence-electron chi connectivity index (χ3n) is 4.82. The second-order valence-electron chi connectivity index (χ2n) is 6.67. The number of carbonyl (C=O) groups is 1. The Labute approximate surface area is 155 Å². The Morgan fingerprint density at radius 2 is 1.93 bits per heavy atom. The molecule has 0 unspecified atom stereocenters. The molecular weight excluding hydrogens is 357 g/mol. The SMILES string of the molecule is CN(Cc1ccccc1C(F)(F)F)C(=O)C1CCN(c2cnccn2)CC1. The minimum atomic E-state index is -4.43. The lowest BCUT2D eigenvalue weighted by Gasteiger charge is -2.33. The molecule has 0 atom stereocenters. The fourth-order valence-electron chi connectivity index (χ4n) is 3.39. The lowest BCUT2D eigenvalue weighted by molar-refractivity contribution is -0.140. The molecule has 1 fully saturated rings. The average Bonchev–Trinajstić information content (AvgIpc) is 2.68. The number of nitrogens with zero attached hydrogens (tertiary/aromatic N) is 4. The predicted molar refractivity (Wildman–Crippen MR) is 94.9 cm³/mol. The van der Waals surface area contributed by atoms with Crippen molar-refractivity contribution in [2.45, 2.75) is 25.6 Å². The normalized spacial score (nSPS) is 15.6. The summed E-state index contributed by atoms with van der Waals surface area (Å²) < 4.78 is 39.4. The molecule has 1 amide bonds. The molecule has 0 spiro atoms. The van der Waals surface area contributed by atoms with Crippen molar-refractivity contribution in [3.8, 4) is 0 Å². The zero-order valence-corrected chi connectivity index (χ0v) is 15.0. The van der Waals surface area contributed by atoms with Gasteiger partial charge in [-0.05, 0) is 24.5 Å². The fraction of sp³-hybridized carbons (Fsp3) is 0.421. The highest BCUT2D eigenvalue weighted by atomic mass is 19.4. The first kappa shape index (κ1) is 19.1. The van der Waals surface area contributed by atoms with Gasteiger partial charge in [0.15, 0.2) is 0 Å². The van der Waals surface area contributed by atoms with Crippen molar-refractivity contribution in [3.63, 3.8) is 0 Å². The fourth-order valence-corrected chi connectivity index (χ4v) is 3.39. The molecule has 1 aliphatic rings. The highest BCUT2D eigenvalue weighted by Crippen LogP contribution is 2.32. The van der Waals surface area contributed by atoms with Crippen molar-refractivity contribution in [2.24, 2.45) is 5.92 Å². The third kappa shape index (κ3) is 4.56. The summed E-state index contributed by atoms with van der Waals surface area (Å²) in [5.41, 5.74) is -0.583. The molecule has 144 valence electrons. The maximum Gasteiger partial charge on any atom is 0.416 e.